The fourth-order valence-electron chi connectivity index (χ4n) is 2.32. The molecule has 120 valence electrons. The number of hydrogen-bond donors (Lipinski definition) is 2. The molecule has 1 atom stereocenters. The Balaban J connectivity index is 2.13. The molecule has 2 rings (SSSR count). The van der Waals surface area contributed by atoms with Gasteiger partial charge in [-0.15, -0.1) is 0 Å². The van der Waals surface area contributed by atoms with Crippen LogP contribution in [-0.2, 0) is 15.8 Å². The van der Waals surface area contributed by atoms with Crippen molar-refractivity contribution in [3.8, 4) is 0 Å². The van der Waals surface area contributed by atoms with Crippen molar-refractivity contribution in [2.75, 3.05) is 24.5 Å². The standard InChI is InChI=1S/C14H16F3N3O2/c15-14(16,17)10-2-1-3-11(7-10)20-8-9(6-12(20)21)13(22)19-5-4-18/h1-3,7,9H,4-6,8,18H2,(H,19,22)/t9-/m1/s1. The van der Waals surface area contributed by atoms with Crippen LogP contribution in [0.2, 0.25) is 0 Å². The number of nitrogens with two attached hydrogens (primary N) is 1. The number of hydrogen-bond acceptors (Lipinski definition) is 3. The molecule has 0 unspecified atom stereocenters. The molecule has 1 heterocycles. The predicted molar refractivity (Wildman–Crippen MR) is 74.0 cm³/mol. The van der Waals surface area contributed by atoms with Gasteiger partial charge in [0.2, 0.25) is 11.8 Å². The monoisotopic (exact) mass is 315 g/mol. The summed E-state index contributed by atoms with van der Waals surface area (Å²) in [4.78, 5) is 25.0. The van der Waals surface area contributed by atoms with Gasteiger partial charge in [0, 0.05) is 31.7 Å². The zero-order valence-electron chi connectivity index (χ0n) is 11.7. The molecule has 0 bridgehead atoms. The third kappa shape index (κ3) is 3.56. The molecule has 0 aliphatic carbocycles. The van der Waals surface area contributed by atoms with E-state index in [2.05, 4.69) is 5.32 Å². The summed E-state index contributed by atoms with van der Waals surface area (Å²) in [6, 6.07) is 4.52. The molecule has 2 amide bonds. The first-order chi connectivity index (χ1) is 10.3. The Morgan fingerprint density at radius 1 is 1.41 bits per heavy atom. The van der Waals surface area contributed by atoms with Crippen molar-refractivity contribution >= 4 is 17.5 Å². The lowest BCUT2D eigenvalue weighted by atomic mass is 10.1. The predicted octanol–water partition coefficient (Wildman–Crippen LogP) is 1.13. The highest BCUT2D eigenvalue weighted by Gasteiger charge is 2.36. The van der Waals surface area contributed by atoms with Crippen molar-refractivity contribution in [3.63, 3.8) is 0 Å². The Hall–Kier alpha value is -2.09. The molecule has 1 aromatic rings. The van der Waals surface area contributed by atoms with E-state index in [1.165, 1.54) is 17.0 Å². The minimum Gasteiger partial charge on any atom is -0.355 e. The molecule has 1 saturated heterocycles. The zero-order chi connectivity index (χ0) is 16.3. The fourth-order valence-corrected chi connectivity index (χ4v) is 2.32. The summed E-state index contributed by atoms with van der Waals surface area (Å²) in [6.45, 7) is 0.646. The van der Waals surface area contributed by atoms with Crippen molar-refractivity contribution in [2.24, 2.45) is 11.7 Å². The van der Waals surface area contributed by atoms with Gasteiger partial charge in [-0.2, -0.15) is 13.2 Å². The summed E-state index contributed by atoms with van der Waals surface area (Å²) >= 11 is 0. The number of carbonyl (C=O) groups excluding carboxylic acids is 2. The van der Waals surface area contributed by atoms with Crippen LogP contribution in [0.3, 0.4) is 0 Å². The Bertz CT molecular complexity index is 575. The number of amides is 2. The average molecular weight is 315 g/mol. The Morgan fingerprint density at radius 2 is 2.14 bits per heavy atom. The lowest BCUT2D eigenvalue weighted by molar-refractivity contribution is -0.137. The minimum atomic E-state index is -4.48. The van der Waals surface area contributed by atoms with Crippen LogP contribution < -0.4 is 16.0 Å². The Kier molecular flexibility index (Phi) is 4.70. The lowest BCUT2D eigenvalue weighted by Crippen LogP contribution is -2.35. The van der Waals surface area contributed by atoms with Crippen LogP contribution in [0.5, 0.6) is 0 Å². The van der Waals surface area contributed by atoms with E-state index in [4.69, 9.17) is 5.73 Å². The second kappa shape index (κ2) is 6.35. The van der Waals surface area contributed by atoms with E-state index >= 15 is 0 Å². The molecule has 1 fully saturated rings. The quantitative estimate of drug-likeness (QED) is 0.875. The van der Waals surface area contributed by atoms with Crippen LogP contribution in [-0.4, -0.2) is 31.4 Å². The molecule has 5 nitrogen and oxygen atoms in total. The SMILES string of the molecule is NCCNC(=O)[C@@H]1CC(=O)N(c2cccc(C(F)(F)F)c2)C1. The maximum Gasteiger partial charge on any atom is 0.416 e. The number of alkyl halides is 3. The van der Waals surface area contributed by atoms with E-state index in [0.717, 1.165) is 12.1 Å². The number of nitrogens with one attached hydrogen (secondary N) is 1. The van der Waals surface area contributed by atoms with Gasteiger partial charge in [-0.3, -0.25) is 9.59 Å². The van der Waals surface area contributed by atoms with Crippen LogP contribution in [0.1, 0.15) is 12.0 Å². The molecular formula is C14H16F3N3O2. The second-order valence-corrected chi connectivity index (χ2v) is 5.03. The molecule has 0 aromatic heterocycles. The van der Waals surface area contributed by atoms with Gasteiger partial charge in [0.1, 0.15) is 0 Å². The van der Waals surface area contributed by atoms with Gasteiger partial charge >= 0.3 is 6.18 Å². The molecule has 0 spiro atoms. The number of anilines is 1. The van der Waals surface area contributed by atoms with Crippen LogP contribution in [0.4, 0.5) is 18.9 Å². The molecule has 3 N–H and O–H groups in total. The van der Waals surface area contributed by atoms with E-state index in [9.17, 15) is 22.8 Å². The molecule has 8 heteroatoms. The molecule has 1 aliphatic heterocycles. The van der Waals surface area contributed by atoms with E-state index in [-0.39, 0.29) is 37.0 Å². The summed E-state index contributed by atoms with van der Waals surface area (Å²) < 4.78 is 38.2. The minimum absolute atomic E-state index is 0.0212. The summed E-state index contributed by atoms with van der Waals surface area (Å²) in [5.41, 5.74) is 4.60. The smallest absolute Gasteiger partial charge is 0.355 e. The summed E-state index contributed by atoms with van der Waals surface area (Å²) in [5.74, 6) is -1.26. The van der Waals surface area contributed by atoms with Gasteiger partial charge < -0.3 is 16.0 Å². The highest BCUT2D eigenvalue weighted by molar-refractivity contribution is 6.00. The molecule has 22 heavy (non-hydrogen) atoms. The van der Waals surface area contributed by atoms with Crippen molar-refractivity contribution in [1.82, 2.24) is 5.32 Å². The molecule has 1 aromatic carbocycles. The molecular weight excluding hydrogens is 299 g/mol. The van der Waals surface area contributed by atoms with Gasteiger partial charge in [-0.25, -0.2) is 0 Å². The normalized spacial score (nSPS) is 18.6. The van der Waals surface area contributed by atoms with E-state index in [1.54, 1.807) is 0 Å². The number of halogens is 3. The number of benzene rings is 1. The first-order valence-electron chi connectivity index (χ1n) is 6.78. The topological polar surface area (TPSA) is 75.4 Å². The van der Waals surface area contributed by atoms with E-state index in [0.29, 0.717) is 6.54 Å². The third-order valence-corrected chi connectivity index (χ3v) is 3.42. The first-order valence-corrected chi connectivity index (χ1v) is 6.78. The summed E-state index contributed by atoms with van der Waals surface area (Å²) in [7, 11) is 0. The maximum atomic E-state index is 12.7. The van der Waals surface area contributed by atoms with Crippen LogP contribution in [0, 0.1) is 5.92 Å². The molecule has 0 saturated carbocycles. The van der Waals surface area contributed by atoms with Gasteiger partial charge in [0.05, 0.1) is 11.5 Å². The highest BCUT2D eigenvalue weighted by Crippen LogP contribution is 2.33. The van der Waals surface area contributed by atoms with Gasteiger partial charge in [-0.05, 0) is 18.2 Å². The third-order valence-electron chi connectivity index (χ3n) is 3.42. The van der Waals surface area contributed by atoms with Crippen LogP contribution in [0.25, 0.3) is 0 Å². The first kappa shape index (κ1) is 16.3. The van der Waals surface area contributed by atoms with Crippen LogP contribution in [0.15, 0.2) is 24.3 Å². The van der Waals surface area contributed by atoms with E-state index in [1.807, 2.05) is 0 Å². The fraction of sp³-hybridized carbons (Fsp3) is 0.429. The maximum absolute atomic E-state index is 12.7. The largest absolute Gasteiger partial charge is 0.416 e. The Labute approximate surface area is 125 Å². The van der Waals surface area contributed by atoms with Crippen molar-refractivity contribution in [1.29, 1.82) is 0 Å². The van der Waals surface area contributed by atoms with Crippen LogP contribution >= 0.6 is 0 Å². The number of carbonyl (C=O) groups is 2. The highest BCUT2D eigenvalue weighted by atomic mass is 19.4. The van der Waals surface area contributed by atoms with Crippen molar-refractivity contribution in [2.45, 2.75) is 12.6 Å². The summed E-state index contributed by atoms with van der Waals surface area (Å²) in [5, 5.41) is 2.58. The van der Waals surface area contributed by atoms with Gasteiger partial charge in [0.15, 0.2) is 0 Å². The van der Waals surface area contributed by atoms with Gasteiger partial charge in [-0.1, -0.05) is 6.07 Å². The molecule has 1 aliphatic rings. The lowest BCUT2D eigenvalue weighted by Gasteiger charge is -2.18. The second-order valence-electron chi connectivity index (χ2n) is 5.03. The van der Waals surface area contributed by atoms with E-state index < -0.39 is 17.7 Å². The van der Waals surface area contributed by atoms with Crippen molar-refractivity contribution < 1.29 is 22.8 Å². The zero-order valence-corrected chi connectivity index (χ0v) is 11.7. The summed E-state index contributed by atoms with van der Waals surface area (Å²) in [6.07, 6.45) is -4.50. The van der Waals surface area contributed by atoms with Gasteiger partial charge in [0.25, 0.3) is 0 Å². The number of rotatable bonds is 4. The molecule has 0 radical (unpaired) electrons. The van der Waals surface area contributed by atoms with Crippen molar-refractivity contribution in [3.05, 3.63) is 29.8 Å². The Morgan fingerprint density at radius 3 is 2.77 bits per heavy atom. The average Bonchev–Trinajstić information content (AvgIpc) is 2.86. The number of nitrogens with zero attached hydrogens (tertiary/aromatic N) is 1.